The van der Waals surface area contributed by atoms with Crippen LogP contribution in [0, 0.1) is 6.92 Å². The highest BCUT2D eigenvalue weighted by Crippen LogP contribution is 2.27. The topological polar surface area (TPSA) is 75.6 Å². The van der Waals surface area contributed by atoms with E-state index in [0.717, 1.165) is 12.2 Å². The number of nitrogens with zero attached hydrogens (tertiary/aromatic N) is 4. The molecule has 0 spiro atoms. The van der Waals surface area contributed by atoms with E-state index < -0.39 is 10.0 Å². The Kier molecular flexibility index (Phi) is 6.65. The van der Waals surface area contributed by atoms with Gasteiger partial charge in [-0.3, -0.25) is 0 Å². The molecule has 0 radical (unpaired) electrons. The maximum absolute atomic E-state index is 12.9. The number of hydrogen-bond donors (Lipinski definition) is 0. The van der Waals surface area contributed by atoms with E-state index in [0.29, 0.717) is 49.5 Å². The Morgan fingerprint density at radius 2 is 1.79 bits per heavy atom. The number of aromatic nitrogens is 2. The van der Waals surface area contributed by atoms with Gasteiger partial charge in [0.2, 0.25) is 15.9 Å². The summed E-state index contributed by atoms with van der Waals surface area (Å²) in [5.41, 5.74) is 0. The van der Waals surface area contributed by atoms with Crippen molar-refractivity contribution in [1.29, 1.82) is 0 Å². The minimum Gasteiger partial charge on any atom is -0.478 e. The molecule has 28 heavy (non-hydrogen) atoms. The Balaban J connectivity index is 1.72. The smallest absolute Gasteiger partial charge is 0.243 e. The number of benzene rings is 1. The Morgan fingerprint density at radius 1 is 1.07 bits per heavy atom. The molecule has 1 aromatic heterocycles. The summed E-state index contributed by atoms with van der Waals surface area (Å²) in [4.78, 5) is 10.9. The second-order valence-electron chi connectivity index (χ2n) is 6.43. The van der Waals surface area contributed by atoms with Gasteiger partial charge in [-0.05, 0) is 31.5 Å². The fraction of sp³-hybridized carbons (Fsp3) is 0.444. The number of sulfonamides is 1. The van der Waals surface area contributed by atoms with Crippen LogP contribution in [0.3, 0.4) is 0 Å². The van der Waals surface area contributed by atoms with Crippen LogP contribution < -0.4 is 9.64 Å². The predicted molar refractivity (Wildman–Crippen MR) is 110 cm³/mol. The molecule has 1 saturated heterocycles. The van der Waals surface area contributed by atoms with Gasteiger partial charge < -0.3 is 9.64 Å². The normalized spacial score (nSPS) is 15.6. The first kappa shape index (κ1) is 21.1. The number of rotatable bonds is 6. The first-order valence-electron chi connectivity index (χ1n) is 9.00. The highest BCUT2D eigenvalue weighted by molar-refractivity contribution is 7.89. The van der Waals surface area contributed by atoms with Crippen LogP contribution in [-0.4, -0.2) is 55.5 Å². The fourth-order valence-electron chi connectivity index (χ4n) is 2.91. The summed E-state index contributed by atoms with van der Waals surface area (Å²) in [6.07, 6.45) is 0.892. The van der Waals surface area contributed by atoms with Crippen molar-refractivity contribution >= 4 is 39.0 Å². The van der Waals surface area contributed by atoms with Gasteiger partial charge >= 0.3 is 0 Å². The molecule has 0 saturated carbocycles. The largest absolute Gasteiger partial charge is 0.478 e. The number of ether oxygens (including phenoxy) is 1. The van der Waals surface area contributed by atoms with Crippen LogP contribution in [0.2, 0.25) is 10.0 Å². The molecule has 0 aliphatic carbocycles. The van der Waals surface area contributed by atoms with Gasteiger partial charge in [0.1, 0.15) is 11.6 Å². The lowest BCUT2D eigenvalue weighted by Gasteiger charge is -2.34. The number of hydrogen-bond acceptors (Lipinski definition) is 6. The van der Waals surface area contributed by atoms with E-state index in [1.165, 1.54) is 22.5 Å². The van der Waals surface area contributed by atoms with Gasteiger partial charge in [0, 0.05) is 32.2 Å². The summed E-state index contributed by atoms with van der Waals surface area (Å²) in [5, 5.41) is 0.545. The first-order chi connectivity index (χ1) is 13.3. The minimum absolute atomic E-state index is 0.142. The zero-order valence-electron chi connectivity index (χ0n) is 15.7. The molecule has 1 fully saturated rings. The van der Waals surface area contributed by atoms with Gasteiger partial charge in [0.25, 0.3) is 0 Å². The SMILES string of the molecule is CCCOc1cc(N2CCN(S(=O)(=O)c3ccc(Cl)c(Cl)c3)CC2)nc(C)n1. The Bertz CT molecular complexity index is 948. The molecule has 0 unspecified atom stereocenters. The van der Waals surface area contributed by atoms with Gasteiger partial charge in [0.05, 0.1) is 21.5 Å². The van der Waals surface area contributed by atoms with Crippen LogP contribution in [0.15, 0.2) is 29.2 Å². The summed E-state index contributed by atoms with van der Waals surface area (Å²) in [5.74, 6) is 1.90. The molecule has 0 amide bonds. The third-order valence-corrected chi connectivity index (χ3v) is 6.98. The van der Waals surface area contributed by atoms with E-state index in [-0.39, 0.29) is 9.92 Å². The van der Waals surface area contributed by atoms with Crippen molar-refractivity contribution in [2.75, 3.05) is 37.7 Å². The monoisotopic (exact) mass is 444 g/mol. The molecule has 2 aromatic rings. The molecular weight excluding hydrogens is 423 g/mol. The van der Waals surface area contributed by atoms with Crippen molar-refractivity contribution in [1.82, 2.24) is 14.3 Å². The number of aryl methyl sites for hydroxylation is 1. The molecule has 0 N–H and O–H groups in total. The zero-order valence-corrected chi connectivity index (χ0v) is 18.1. The summed E-state index contributed by atoms with van der Waals surface area (Å²) in [6.45, 7) is 6.16. The van der Waals surface area contributed by atoms with Crippen molar-refractivity contribution in [3.63, 3.8) is 0 Å². The van der Waals surface area contributed by atoms with E-state index in [2.05, 4.69) is 9.97 Å². The lowest BCUT2D eigenvalue weighted by atomic mass is 10.3. The molecule has 0 atom stereocenters. The quantitative estimate of drug-likeness (QED) is 0.679. The van der Waals surface area contributed by atoms with Crippen molar-refractivity contribution in [2.24, 2.45) is 0 Å². The number of piperazine rings is 1. The Hall–Kier alpha value is -1.61. The molecule has 7 nitrogen and oxygen atoms in total. The van der Waals surface area contributed by atoms with E-state index >= 15 is 0 Å². The number of anilines is 1. The molecular formula is C18H22Cl2N4O3S. The molecule has 2 heterocycles. The summed E-state index contributed by atoms with van der Waals surface area (Å²) < 4.78 is 32.8. The Labute approximate surface area is 175 Å². The maximum Gasteiger partial charge on any atom is 0.243 e. The molecule has 1 aliphatic heterocycles. The second-order valence-corrected chi connectivity index (χ2v) is 9.18. The van der Waals surface area contributed by atoms with Gasteiger partial charge in [-0.25, -0.2) is 13.4 Å². The highest BCUT2D eigenvalue weighted by Gasteiger charge is 2.29. The first-order valence-corrected chi connectivity index (χ1v) is 11.2. The van der Waals surface area contributed by atoms with Crippen molar-refractivity contribution < 1.29 is 13.2 Å². The van der Waals surface area contributed by atoms with Gasteiger partial charge in [0.15, 0.2) is 0 Å². The van der Waals surface area contributed by atoms with Gasteiger partial charge in [-0.1, -0.05) is 30.1 Å². The van der Waals surface area contributed by atoms with Crippen LogP contribution in [0.1, 0.15) is 19.2 Å². The lowest BCUT2D eigenvalue weighted by molar-refractivity contribution is 0.303. The van der Waals surface area contributed by atoms with E-state index in [9.17, 15) is 8.42 Å². The maximum atomic E-state index is 12.9. The van der Waals surface area contributed by atoms with E-state index in [4.69, 9.17) is 27.9 Å². The predicted octanol–water partition coefficient (Wildman–Crippen LogP) is 3.39. The van der Waals surface area contributed by atoms with Crippen molar-refractivity contribution in [3.05, 3.63) is 40.1 Å². The lowest BCUT2D eigenvalue weighted by Crippen LogP contribution is -2.49. The Morgan fingerprint density at radius 3 is 2.43 bits per heavy atom. The average molecular weight is 445 g/mol. The van der Waals surface area contributed by atoms with Crippen LogP contribution in [0.25, 0.3) is 0 Å². The number of halogens is 2. The molecule has 3 rings (SSSR count). The summed E-state index contributed by atoms with van der Waals surface area (Å²) in [6, 6.07) is 6.15. The molecule has 10 heteroatoms. The standard InChI is InChI=1S/C18H22Cl2N4O3S/c1-3-10-27-18-12-17(21-13(2)22-18)23-6-8-24(9-7-23)28(25,26)14-4-5-15(19)16(20)11-14/h4-5,11-12H,3,6-10H2,1-2H3. The van der Waals surface area contributed by atoms with Crippen molar-refractivity contribution in [2.45, 2.75) is 25.2 Å². The van der Waals surface area contributed by atoms with Crippen LogP contribution in [0.5, 0.6) is 5.88 Å². The van der Waals surface area contributed by atoms with E-state index in [1.54, 1.807) is 6.07 Å². The third-order valence-electron chi connectivity index (χ3n) is 4.35. The van der Waals surface area contributed by atoms with Gasteiger partial charge in [-0.15, -0.1) is 0 Å². The van der Waals surface area contributed by atoms with Crippen LogP contribution >= 0.6 is 23.2 Å². The molecule has 0 bridgehead atoms. The fourth-order valence-corrected chi connectivity index (χ4v) is 4.72. The zero-order chi connectivity index (χ0) is 20.3. The van der Waals surface area contributed by atoms with Gasteiger partial charge in [-0.2, -0.15) is 9.29 Å². The van der Waals surface area contributed by atoms with Crippen LogP contribution in [0.4, 0.5) is 5.82 Å². The average Bonchev–Trinajstić information content (AvgIpc) is 2.68. The van der Waals surface area contributed by atoms with Crippen molar-refractivity contribution in [3.8, 4) is 5.88 Å². The van der Waals surface area contributed by atoms with Crippen LogP contribution in [-0.2, 0) is 10.0 Å². The van der Waals surface area contributed by atoms with E-state index in [1.807, 2.05) is 18.7 Å². The highest BCUT2D eigenvalue weighted by atomic mass is 35.5. The molecule has 152 valence electrons. The summed E-state index contributed by atoms with van der Waals surface area (Å²) >= 11 is 11.9. The molecule has 1 aromatic carbocycles. The second kappa shape index (κ2) is 8.82. The minimum atomic E-state index is -3.63. The third kappa shape index (κ3) is 4.68. The summed E-state index contributed by atoms with van der Waals surface area (Å²) in [7, 11) is -3.63. The molecule has 1 aliphatic rings.